The number of carbonyl (C=O) groups excluding carboxylic acids is 1. The van der Waals surface area contributed by atoms with E-state index in [1.54, 1.807) is 0 Å². The molecule has 0 aromatic carbocycles. The van der Waals surface area contributed by atoms with Gasteiger partial charge in [-0.3, -0.25) is 9.69 Å². The largest absolute Gasteiger partial charge is 0.334 e. The molecule has 0 aromatic heterocycles. The molecule has 0 N–H and O–H groups in total. The third kappa shape index (κ3) is 2.18. The van der Waals surface area contributed by atoms with Crippen LogP contribution < -0.4 is 0 Å². The van der Waals surface area contributed by atoms with Crippen LogP contribution in [-0.2, 0) is 4.79 Å². The fourth-order valence-corrected chi connectivity index (χ4v) is 3.11. The van der Waals surface area contributed by atoms with Crippen LogP contribution in [0.4, 0.5) is 0 Å². The maximum absolute atomic E-state index is 12.9. The molecular weight excluding hydrogens is 224 g/mol. The van der Waals surface area contributed by atoms with Crippen molar-refractivity contribution in [3.05, 3.63) is 0 Å². The molecule has 3 heteroatoms. The molecule has 0 aromatic rings. The Labute approximate surface area is 113 Å². The summed E-state index contributed by atoms with van der Waals surface area (Å²) in [7, 11) is 2.10. The van der Waals surface area contributed by atoms with Gasteiger partial charge < -0.3 is 4.90 Å². The van der Waals surface area contributed by atoms with E-state index in [4.69, 9.17) is 0 Å². The summed E-state index contributed by atoms with van der Waals surface area (Å²) in [5.74, 6) is 0.293. The van der Waals surface area contributed by atoms with E-state index in [1.165, 1.54) is 0 Å². The molecule has 0 aliphatic carbocycles. The van der Waals surface area contributed by atoms with Crippen LogP contribution in [0.15, 0.2) is 0 Å². The van der Waals surface area contributed by atoms with Crippen molar-refractivity contribution in [1.82, 2.24) is 9.80 Å². The third-order valence-corrected chi connectivity index (χ3v) is 4.72. The van der Waals surface area contributed by atoms with Crippen LogP contribution in [0.5, 0.6) is 0 Å². The molecule has 1 fully saturated rings. The van der Waals surface area contributed by atoms with Gasteiger partial charge in [-0.25, -0.2) is 0 Å². The predicted molar refractivity (Wildman–Crippen MR) is 76.6 cm³/mol. The number of rotatable bonds is 2. The lowest BCUT2D eigenvalue weighted by molar-refractivity contribution is -0.169. The zero-order valence-corrected chi connectivity index (χ0v) is 13.4. The Kier molecular flexibility index (Phi) is 3.89. The van der Waals surface area contributed by atoms with Gasteiger partial charge in [0.1, 0.15) is 5.54 Å². The zero-order valence-electron chi connectivity index (χ0n) is 13.4. The first-order valence-electron chi connectivity index (χ1n) is 7.09. The molecule has 18 heavy (non-hydrogen) atoms. The second kappa shape index (κ2) is 4.52. The van der Waals surface area contributed by atoms with Gasteiger partial charge in [-0.2, -0.15) is 0 Å². The van der Waals surface area contributed by atoms with Gasteiger partial charge in [-0.1, -0.05) is 13.8 Å². The van der Waals surface area contributed by atoms with Crippen LogP contribution in [0.2, 0.25) is 0 Å². The molecule has 0 saturated carbocycles. The molecule has 0 spiro atoms. The van der Waals surface area contributed by atoms with Crippen molar-refractivity contribution in [3.8, 4) is 0 Å². The average Bonchev–Trinajstić information content (AvgIpc) is 2.25. The molecule has 1 rings (SSSR count). The number of piperazine rings is 1. The summed E-state index contributed by atoms with van der Waals surface area (Å²) in [5, 5.41) is 0. The fraction of sp³-hybridized carbons (Fsp3) is 0.933. The van der Waals surface area contributed by atoms with Gasteiger partial charge in [0, 0.05) is 17.6 Å². The van der Waals surface area contributed by atoms with Gasteiger partial charge in [0.25, 0.3) is 0 Å². The molecule has 0 unspecified atom stereocenters. The molecule has 1 saturated heterocycles. The maximum Gasteiger partial charge on any atom is 0.243 e. The lowest BCUT2D eigenvalue weighted by Gasteiger charge is -2.58. The molecule has 1 heterocycles. The van der Waals surface area contributed by atoms with Gasteiger partial charge in [-0.15, -0.1) is 0 Å². The molecular formula is C15H30N2O. The maximum atomic E-state index is 12.9. The highest BCUT2D eigenvalue weighted by molar-refractivity contribution is 5.88. The van der Waals surface area contributed by atoms with Crippen LogP contribution in [0.1, 0.15) is 61.3 Å². The van der Waals surface area contributed by atoms with Crippen molar-refractivity contribution in [2.45, 2.75) is 77.9 Å². The van der Waals surface area contributed by atoms with Gasteiger partial charge in [-0.05, 0) is 54.5 Å². The molecule has 1 aliphatic rings. The van der Waals surface area contributed by atoms with Crippen molar-refractivity contribution in [2.24, 2.45) is 0 Å². The molecule has 0 bridgehead atoms. The standard InChI is InChI=1S/C15H30N2O/c1-9-15(10-2)12(18)17(13(3,4)5)11-14(6,7)16(15)8/h9-11H2,1-8H3. The SMILES string of the molecule is CCC1(CC)C(=O)N(C(C)(C)C)CC(C)(C)N1C. The van der Waals surface area contributed by atoms with E-state index in [1.807, 2.05) is 0 Å². The van der Waals surface area contributed by atoms with Crippen molar-refractivity contribution < 1.29 is 4.79 Å². The lowest BCUT2D eigenvalue weighted by atomic mass is 9.79. The smallest absolute Gasteiger partial charge is 0.243 e. The van der Waals surface area contributed by atoms with E-state index in [9.17, 15) is 4.79 Å². The first-order chi connectivity index (χ1) is 8.03. The monoisotopic (exact) mass is 254 g/mol. The second-order valence-corrected chi connectivity index (χ2v) is 7.17. The van der Waals surface area contributed by atoms with Crippen molar-refractivity contribution in [2.75, 3.05) is 13.6 Å². The summed E-state index contributed by atoms with van der Waals surface area (Å²) in [6.07, 6.45) is 1.74. The van der Waals surface area contributed by atoms with Crippen LogP contribution in [-0.4, -0.2) is 45.9 Å². The highest BCUT2D eigenvalue weighted by Gasteiger charge is 2.53. The lowest BCUT2D eigenvalue weighted by Crippen LogP contribution is -2.74. The summed E-state index contributed by atoms with van der Waals surface area (Å²) < 4.78 is 0. The predicted octanol–water partition coefficient (Wildman–Crippen LogP) is 2.90. The molecule has 0 radical (unpaired) electrons. The molecule has 106 valence electrons. The summed E-state index contributed by atoms with van der Waals surface area (Å²) >= 11 is 0. The highest BCUT2D eigenvalue weighted by Crippen LogP contribution is 2.39. The van der Waals surface area contributed by atoms with Gasteiger partial charge in [0.2, 0.25) is 5.91 Å². The van der Waals surface area contributed by atoms with Crippen LogP contribution >= 0.6 is 0 Å². The zero-order chi connectivity index (χ0) is 14.4. The topological polar surface area (TPSA) is 23.6 Å². The number of nitrogens with zero attached hydrogens (tertiary/aromatic N) is 2. The first kappa shape index (κ1) is 15.5. The quantitative estimate of drug-likeness (QED) is 0.756. The number of hydrogen-bond acceptors (Lipinski definition) is 2. The van der Waals surface area contributed by atoms with Gasteiger partial charge in [0.05, 0.1) is 0 Å². The van der Waals surface area contributed by atoms with E-state index in [0.29, 0.717) is 5.91 Å². The first-order valence-corrected chi connectivity index (χ1v) is 7.09. The van der Waals surface area contributed by atoms with Crippen LogP contribution in [0, 0.1) is 0 Å². The minimum Gasteiger partial charge on any atom is -0.334 e. The van der Waals surface area contributed by atoms with Crippen LogP contribution in [0.25, 0.3) is 0 Å². The van der Waals surface area contributed by atoms with Crippen molar-refractivity contribution >= 4 is 5.91 Å². The molecule has 1 aliphatic heterocycles. The average molecular weight is 254 g/mol. The minimum absolute atomic E-state index is 0.0210. The van der Waals surface area contributed by atoms with E-state index in [-0.39, 0.29) is 16.6 Å². The molecule has 3 nitrogen and oxygen atoms in total. The Bertz CT molecular complexity index is 324. The number of carbonyl (C=O) groups is 1. The highest BCUT2D eigenvalue weighted by atomic mass is 16.2. The Hall–Kier alpha value is -0.570. The minimum atomic E-state index is -0.338. The third-order valence-electron chi connectivity index (χ3n) is 4.72. The Morgan fingerprint density at radius 3 is 1.94 bits per heavy atom. The summed E-state index contributed by atoms with van der Waals surface area (Å²) in [6, 6.07) is 0. The Balaban J connectivity index is 3.29. The Morgan fingerprint density at radius 1 is 1.17 bits per heavy atom. The molecule has 1 amide bonds. The Morgan fingerprint density at radius 2 is 1.61 bits per heavy atom. The molecule has 0 atom stereocenters. The van der Waals surface area contributed by atoms with Gasteiger partial charge >= 0.3 is 0 Å². The number of likely N-dealkylation sites (N-methyl/N-ethyl adjacent to an activating group) is 1. The normalized spacial score (nSPS) is 24.4. The van der Waals surface area contributed by atoms with E-state index in [0.717, 1.165) is 19.4 Å². The van der Waals surface area contributed by atoms with E-state index < -0.39 is 0 Å². The summed E-state index contributed by atoms with van der Waals surface area (Å²) in [4.78, 5) is 17.3. The summed E-state index contributed by atoms with van der Waals surface area (Å²) in [6.45, 7) is 15.9. The van der Waals surface area contributed by atoms with Crippen molar-refractivity contribution in [1.29, 1.82) is 0 Å². The van der Waals surface area contributed by atoms with Gasteiger partial charge in [0.15, 0.2) is 0 Å². The number of hydrogen-bond donors (Lipinski definition) is 0. The fourth-order valence-electron chi connectivity index (χ4n) is 3.11. The van der Waals surface area contributed by atoms with E-state index in [2.05, 4.69) is 65.3 Å². The van der Waals surface area contributed by atoms with Crippen LogP contribution in [0.3, 0.4) is 0 Å². The van der Waals surface area contributed by atoms with E-state index >= 15 is 0 Å². The van der Waals surface area contributed by atoms with Crippen molar-refractivity contribution in [3.63, 3.8) is 0 Å². The summed E-state index contributed by atoms with van der Waals surface area (Å²) in [5.41, 5.74) is -0.423. The number of amides is 1. The second-order valence-electron chi connectivity index (χ2n) is 7.17.